The van der Waals surface area contributed by atoms with Gasteiger partial charge in [0, 0.05) is 23.0 Å². The second-order valence-electron chi connectivity index (χ2n) is 9.34. The highest BCUT2D eigenvalue weighted by atomic mass is 35.5. The summed E-state index contributed by atoms with van der Waals surface area (Å²) in [5, 5.41) is 0.745. The monoisotopic (exact) mass is 467 g/mol. The average molecular weight is 468 g/mol. The van der Waals surface area contributed by atoms with Gasteiger partial charge in [-0.2, -0.15) is 0 Å². The molecule has 2 aliphatic rings. The molecule has 0 N–H and O–H groups in total. The van der Waals surface area contributed by atoms with Crippen LogP contribution in [0.3, 0.4) is 0 Å². The first-order chi connectivity index (χ1) is 16.0. The van der Waals surface area contributed by atoms with Crippen molar-refractivity contribution >= 4 is 11.6 Å². The second kappa shape index (κ2) is 9.54. The Hall–Kier alpha value is -2.27. The summed E-state index contributed by atoms with van der Waals surface area (Å²) in [6.45, 7) is 0.564. The molecule has 172 valence electrons. The zero-order chi connectivity index (χ0) is 22.9. The van der Waals surface area contributed by atoms with Gasteiger partial charge in [0.05, 0.1) is 6.61 Å². The fourth-order valence-corrected chi connectivity index (χ4v) is 5.89. The lowest BCUT2D eigenvalue weighted by atomic mass is 9.76. The van der Waals surface area contributed by atoms with Crippen LogP contribution in [0.4, 0.5) is 8.78 Å². The van der Waals surface area contributed by atoms with Crippen LogP contribution in [-0.4, -0.2) is 30.6 Å². The summed E-state index contributed by atoms with van der Waals surface area (Å²) in [5.41, 5.74) is 3.03. The zero-order valence-electron chi connectivity index (χ0n) is 18.6. The Morgan fingerprint density at radius 2 is 1.45 bits per heavy atom. The topological polar surface area (TPSA) is 12.5 Å². The van der Waals surface area contributed by atoms with Crippen molar-refractivity contribution in [1.29, 1.82) is 0 Å². The van der Waals surface area contributed by atoms with E-state index >= 15 is 0 Å². The molecule has 2 aliphatic heterocycles. The van der Waals surface area contributed by atoms with Gasteiger partial charge in [0.15, 0.2) is 0 Å². The average Bonchev–Trinajstić information content (AvgIpc) is 3.06. The molecule has 0 amide bonds. The highest BCUT2D eigenvalue weighted by Gasteiger charge is 2.46. The molecular weight excluding hydrogens is 440 g/mol. The number of nitrogens with zero attached hydrogens (tertiary/aromatic N) is 1. The van der Waals surface area contributed by atoms with Gasteiger partial charge < -0.3 is 9.64 Å². The lowest BCUT2D eigenvalue weighted by molar-refractivity contribution is -0.00339. The third-order valence-electron chi connectivity index (χ3n) is 7.53. The second-order valence-corrected chi connectivity index (χ2v) is 9.77. The summed E-state index contributed by atoms with van der Waals surface area (Å²) in [6.07, 6.45) is 3.08. The molecule has 0 aliphatic carbocycles. The molecule has 5 rings (SSSR count). The molecule has 0 radical (unpaired) electrons. The minimum atomic E-state index is -0.387. The summed E-state index contributed by atoms with van der Waals surface area (Å²) < 4.78 is 33.8. The van der Waals surface area contributed by atoms with Crippen molar-refractivity contribution in [2.45, 2.75) is 43.4 Å². The molecule has 2 fully saturated rings. The largest absolute Gasteiger partial charge is 0.368 e. The number of fused-ring (bicyclic) bond motifs is 2. The summed E-state index contributed by atoms with van der Waals surface area (Å²) in [4.78, 5) is 2.52. The maximum atomic E-state index is 13.6. The Balaban J connectivity index is 1.44. The number of piperidine rings is 1. The van der Waals surface area contributed by atoms with E-state index in [0.29, 0.717) is 30.5 Å². The number of benzene rings is 3. The third-order valence-corrected chi connectivity index (χ3v) is 7.78. The number of ether oxygens (including phenoxy) is 1. The van der Waals surface area contributed by atoms with Gasteiger partial charge in [0.2, 0.25) is 0 Å². The molecule has 2 nitrogen and oxygen atoms in total. The molecule has 2 heterocycles. The van der Waals surface area contributed by atoms with Crippen LogP contribution in [-0.2, 0) is 4.74 Å². The smallest absolute Gasteiger partial charge is 0.123 e. The minimum absolute atomic E-state index is 0.287. The first-order valence-corrected chi connectivity index (χ1v) is 12.0. The van der Waals surface area contributed by atoms with Crippen LogP contribution in [0.15, 0.2) is 72.8 Å². The molecule has 3 aromatic rings. The maximum absolute atomic E-state index is 13.6. The predicted octanol–water partition coefficient (Wildman–Crippen LogP) is 6.99. The van der Waals surface area contributed by atoms with E-state index in [0.717, 1.165) is 29.0 Å². The summed E-state index contributed by atoms with van der Waals surface area (Å²) in [5.74, 6) is 0.131. The Morgan fingerprint density at radius 3 is 2.03 bits per heavy atom. The van der Waals surface area contributed by atoms with E-state index in [2.05, 4.69) is 24.1 Å². The van der Waals surface area contributed by atoms with Crippen LogP contribution >= 0.6 is 11.6 Å². The number of halogens is 3. The molecule has 0 spiro atoms. The van der Waals surface area contributed by atoms with E-state index < -0.39 is 0 Å². The Kier molecular flexibility index (Phi) is 6.51. The maximum Gasteiger partial charge on any atom is 0.123 e. The van der Waals surface area contributed by atoms with E-state index in [1.54, 1.807) is 24.3 Å². The zero-order valence-corrected chi connectivity index (χ0v) is 19.4. The molecule has 3 aromatic carbocycles. The molecule has 2 bridgehead atoms. The molecular formula is C28H28ClF2NO. The molecule has 2 saturated heterocycles. The quantitative estimate of drug-likeness (QED) is 0.387. The van der Waals surface area contributed by atoms with Crippen LogP contribution in [0, 0.1) is 17.6 Å². The van der Waals surface area contributed by atoms with E-state index in [1.807, 2.05) is 12.1 Å². The van der Waals surface area contributed by atoms with Crippen molar-refractivity contribution in [2.24, 2.45) is 5.92 Å². The molecule has 0 unspecified atom stereocenters. The van der Waals surface area contributed by atoms with Gasteiger partial charge >= 0.3 is 0 Å². The van der Waals surface area contributed by atoms with Crippen LogP contribution in [0.1, 0.15) is 48.0 Å². The SMILES string of the molecule is CN1[C@H]2CC[C@@H]1[C@@H](COC(c1ccc(F)cc1)c1ccc(F)cc1)[C@@H](c1ccc(Cl)cc1)C2. The number of hydrogen-bond donors (Lipinski definition) is 0. The van der Waals surface area contributed by atoms with Gasteiger partial charge in [0.25, 0.3) is 0 Å². The lowest BCUT2D eigenvalue weighted by Gasteiger charge is -2.43. The standard InChI is InChI=1S/C28H28ClF2NO/c1-32-24-14-15-27(32)26(25(16-24)18-2-8-21(29)9-3-18)17-33-28(19-4-10-22(30)11-5-19)20-6-12-23(31)13-7-20/h2-13,24-28H,14-17H2,1H3/t24-,25+,26-,27+/m0/s1. The molecule has 0 aromatic heterocycles. The first kappa shape index (κ1) is 22.5. The van der Waals surface area contributed by atoms with E-state index in [1.165, 1.54) is 36.2 Å². The van der Waals surface area contributed by atoms with Gasteiger partial charge in [-0.05, 0) is 85.3 Å². The van der Waals surface area contributed by atoms with E-state index in [9.17, 15) is 8.78 Å². The molecule has 0 saturated carbocycles. The number of hydrogen-bond acceptors (Lipinski definition) is 2. The van der Waals surface area contributed by atoms with E-state index in [4.69, 9.17) is 16.3 Å². The highest BCUT2D eigenvalue weighted by Crippen LogP contribution is 2.47. The normalized spacial score (nSPS) is 25.0. The summed E-state index contributed by atoms with van der Waals surface area (Å²) in [7, 11) is 2.23. The van der Waals surface area contributed by atoms with E-state index in [-0.39, 0.29) is 17.7 Å². The van der Waals surface area contributed by atoms with Gasteiger partial charge in [0.1, 0.15) is 17.7 Å². The van der Waals surface area contributed by atoms with Crippen LogP contribution in [0.2, 0.25) is 5.02 Å². The van der Waals surface area contributed by atoms with Gasteiger partial charge in [-0.1, -0.05) is 48.0 Å². The van der Waals surface area contributed by atoms with Crippen LogP contribution in [0.5, 0.6) is 0 Å². The van der Waals surface area contributed by atoms with Crippen molar-refractivity contribution in [3.05, 3.63) is 106 Å². The molecule has 33 heavy (non-hydrogen) atoms. The van der Waals surface area contributed by atoms with Crippen molar-refractivity contribution in [3.8, 4) is 0 Å². The van der Waals surface area contributed by atoms with Crippen molar-refractivity contribution in [1.82, 2.24) is 4.90 Å². The van der Waals surface area contributed by atoms with Crippen LogP contribution < -0.4 is 0 Å². The van der Waals surface area contributed by atoms with Gasteiger partial charge in [-0.3, -0.25) is 0 Å². The molecule has 5 heteroatoms. The minimum Gasteiger partial charge on any atom is -0.368 e. The Labute approximate surface area is 199 Å². The number of rotatable bonds is 6. The van der Waals surface area contributed by atoms with Crippen molar-refractivity contribution in [2.75, 3.05) is 13.7 Å². The molecule has 4 atom stereocenters. The highest BCUT2D eigenvalue weighted by molar-refractivity contribution is 6.30. The lowest BCUT2D eigenvalue weighted by Crippen LogP contribution is -2.47. The third kappa shape index (κ3) is 4.70. The fraction of sp³-hybridized carbons (Fsp3) is 0.357. The van der Waals surface area contributed by atoms with Crippen molar-refractivity contribution < 1.29 is 13.5 Å². The van der Waals surface area contributed by atoms with Crippen LogP contribution in [0.25, 0.3) is 0 Å². The fourth-order valence-electron chi connectivity index (χ4n) is 5.77. The Morgan fingerprint density at radius 1 is 0.879 bits per heavy atom. The van der Waals surface area contributed by atoms with Crippen molar-refractivity contribution in [3.63, 3.8) is 0 Å². The summed E-state index contributed by atoms with van der Waals surface area (Å²) >= 11 is 6.15. The van der Waals surface area contributed by atoms with Gasteiger partial charge in [-0.25, -0.2) is 8.78 Å². The Bertz CT molecular complexity index is 1030. The van der Waals surface area contributed by atoms with Gasteiger partial charge in [-0.15, -0.1) is 0 Å². The summed E-state index contributed by atoms with van der Waals surface area (Å²) in [6, 6.07) is 22.0. The first-order valence-electron chi connectivity index (χ1n) is 11.6. The predicted molar refractivity (Wildman–Crippen MR) is 127 cm³/mol.